The molecule has 0 aromatic carbocycles. The van der Waals surface area contributed by atoms with Crippen LogP contribution in [0.3, 0.4) is 0 Å². The van der Waals surface area contributed by atoms with Crippen LogP contribution in [0.25, 0.3) is 0 Å². The molecule has 0 N–H and O–H groups in total. The second-order valence-electron chi connectivity index (χ2n) is 5.14. The summed E-state index contributed by atoms with van der Waals surface area (Å²) < 4.78 is 12.4. The van der Waals surface area contributed by atoms with Crippen LogP contribution in [0.5, 0.6) is 0 Å². The number of ether oxygens (including phenoxy) is 2. The first-order valence-electron chi connectivity index (χ1n) is 6.85. The van der Waals surface area contributed by atoms with E-state index < -0.39 is 0 Å². The second kappa shape index (κ2) is 7.26. The molecule has 0 aromatic rings. The van der Waals surface area contributed by atoms with E-state index in [0.717, 1.165) is 25.7 Å². The van der Waals surface area contributed by atoms with E-state index in [-0.39, 0.29) is 24.4 Å². The maximum atomic E-state index is 6.28. The minimum atomic E-state index is 0.133. The smallest absolute Gasteiger partial charge is 0.0876 e. The van der Waals surface area contributed by atoms with E-state index in [1.807, 2.05) is 6.08 Å². The Labute approximate surface area is 132 Å². The molecule has 2 aliphatic rings. The quantitative estimate of drug-likeness (QED) is 0.535. The maximum absolute atomic E-state index is 6.28. The van der Waals surface area contributed by atoms with Gasteiger partial charge in [0, 0.05) is 16.1 Å². The maximum Gasteiger partial charge on any atom is 0.0876 e. The molecule has 3 unspecified atom stereocenters. The van der Waals surface area contributed by atoms with Gasteiger partial charge in [-0.15, -0.1) is 6.42 Å². The van der Waals surface area contributed by atoms with Crippen molar-refractivity contribution < 1.29 is 9.47 Å². The van der Waals surface area contributed by atoms with Crippen molar-refractivity contribution in [3.63, 3.8) is 0 Å². The van der Waals surface area contributed by atoms with Gasteiger partial charge in [0.05, 0.1) is 24.4 Å². The third-order valence-corrected chi connectivity index (χ3v) is 6.02. The van der Waals surface area contributed by atoms with Crippen LogP contribution in [-0.4, -0.2) is 34.1 Å². The molecule has 2 bridgehead atoms. The fourth-order valence-corrected chi connectivity index (χ4v) is 3.80. The van der Waals surface area contributed by atoms with Gasteiger partial charge in [0.1, 0.15) is 0 Å². The lowest BCUT2D eigenvalue weighted by atomic mass is 10.1. The van der Waals surface area contributed by atoms with Crippen LogP contribution >= 0.6 is 31.9 Å². The van der Waals surface area contributed by atoms with Crippen LogP contribution in [0.2, 0.25) is 0 Å². The monoisotopic (exact) mass is 390 g/mol. The van der Waals surface area contributed by atoms with Crippen LogP contribution in [0.4, 0.5) is 0 Å². The summed E-state index contributed by atoms with van der Waals surface area (Å²) in [5.41, 5.74) is 0. The molecule has 0 saturated carbocycles. The first-order chi connectivity index (χ1) is 9.15. The van der Waals surface area contributed by atoms with Crippen LogP contribution in [0.1, 0.15) is 32.6 Å². The largest absolute Gasteiger partial charge is 0.371 e. The number of fused-ring (bicyclic) bond motifs is 2. The standard InChI is InChI=1S/C15H20Br2O2/c1-3-5-6-7-12-15-9-14(18-12)11(17)8-13(19-15)10(16)4-2/h1,5-6,10-15H,4,7-9H2,2H3/b6-5+/t10?,11-,12?,13-,14-,15?/m1/s1. The highest BCUT2D eigenvalue weighted by Gasteiger charge is 2.44. The van der Waals surface area contributed by atoms with Crippen molar-refractivity contribution in [2.75, 3.05) is 0 Å². The Balaban J connectivity index is 2.02. The van der Waals surface area contributed by atoms with E-state index in [9.17, 15) is 0 Å². The molecule has 106 valence electrons. The minimum absolute atomic E-state index is 0.133. The number of halogens is 2. The summed E-state index contributed by atoms with van der Waals surface area (Å²) in [7, 11) is 0. The average Bonchev–Trinajstić information content (AvgIpc) is 2.72. The third-order valence-electron chi connectivity index (χ3n) is 3.82. The lowest BCUT2D eigenvalue weighted by Crippen LogP contribution is -2.36. The molecule has 2 fully saturated rings. The predicted octanol–water partition coefficient (Wildman–Crippen LogP) is 3.82. The van der Waals surface area contributed by atoms with Gasteiger partial charge < -0.3 is 9.47 Å². The predicted molar refractivity (Wildman–Crippen MR) is 84.9 cm³/mol. The molecule has 19 heavy (non-hydrogen) atoms. The normalized spacial score (nSPS) is 40.0. The minimum Gasteiger partial charge on any atom is -0.371 e. The molecule has 0 spiro atoms. The average molecular weight is 392 g/mol. The van der Waals surface area contributed by atoms with Crippen LogP contribution in [0.15, 0.2) is 12.2 Å². The summed E-state index contributed by atoms with van der Waals surface area (Å²) >= 11 is 7.49. The number of hydrogen-bond donors (Lipinski definition) is 0. The van der Waals surface area contributed by atoms with Crippen LogP contribution < -0.4 is 0 Å². The molecule has 2 heterocycles. The fraction of sp³-hybridized carbons (Fsp3) is 0.733. The molecule has 2 nitrogen and oxygen atoms in total. The molecule has 4 heteroatoms. The Morgan fingerprint density at radius 2 is 2.16 bits per heavy atom. The van der Waals surface area contributed by atoms with Crippen molar-refractivity contribution in [1.82, 2.24) is 0 Å². The molecular weight excluding hydrogens is 372 g/mol. The Morgan fingerprint density at radius 1 is 1.37 bits per heavy atom. The van der Waals surface area contributed by atoms with Crippen molar-refractivity contribution in [2.45, 2.75) is 66.7 Å². The zero-order valence-electron chi connectivity index (χ0n) is 11.1. The van der Waals surface area contributed by atoms with E-state index in [0.29, 0.717) is 9.65 Å². The third kappa shape index (κ3) is 3.85. The molecular formula is C15H20Br2O2. The van der Waals surface area contributed by atoms with E-state index in [1.165, 1.54) is 0 Å². The van der Waals surface area contributed by atoms with Crippen molar-refractivity contribution in [3.8, 4) is 12.3 Å². The summed E-state index contributed by atoms with van der Waals surface area (Å²) in [4.78, 5) is 0.782. The summed E-state index contributed by atoms with van der Waals surface area (Å²) in [6, 6.07) is 0. The lowest BCUT2D eigenvalue weighted by molar-refractivity contribution is -0.0732. The molecule has 2 rings (SSSR count). The van der Waals surface area contributed by atoms with Gasteiger partial charge in [0.15, 0.2) is 0 Å². The molecule has 2 aliphatic heterocycles. The summed E-state index contributed by atoms with van der Waals surface area (Å²) in [5.74, 6) is 2.51. The van der Waals surface area contributed by atoms with Gasteiger partial charge in [-0.3, -0.25) is 0 Å². The Bertz CT molecular complexity index is 364. The Hall–Kier alpha value is 0.180. The van der Waals surface area contributed by atoms with Gasteiger partial charge in [-0.25, -0.2) is 0 Å². The highest BCUT2D eigenvalue weighted by molar-refractivity contribution is 9.09. The number of alkyl halides is 2. The Morgan fingerprint density at radius 3 is 2.84 bits per heavy atom. The van der Waals surface area contributed by atoms with Crippen molar-refractivity contribution in [3.05, 3.63) is 12.2 Å². The second-order valence-corrected chi connectivity index (χ2v) is 7.49. The Kier molecular flexibility index (Phi) is 5.95. The number of terminal acetylenes is 1. The van der Waals surface area contributed by atoms with Crippen molar-refractivity contribution >= 4 is 31.9 Å². The molecule has 6 atom stereocenters. The van der Waals surface area contributed by atoms with Crippen molar-refractivity contribution in [1.29, 1.82) is 0 Å². The van der Waals surface area contributed by atoms with Gasteiger partial charge in [-0.1, -0.05) is 50.8 Å². The van der Waals surface area contributed by atoms with Crippen LogP contribution in [-0.2, 0) is 9.47 Å². The molecule has 0 radical (unpaired) electrons. The highest BCUT2D eigenvalue weighted by Crippen LogP contribution is 2.38. The first-order valence-corrected chi connectivity index (χ1v) is 8.69. The van der Waals surface area contributed by atoms with Gasteiger partial charge in [-0.2, -0.15) is 0 Å². The topological polar surface area (TPSA) is 18.5 Å². The van der Waals surface area contributed by atoms with Crippen molar-refractivity contribution in [2.24, 2.45) is 0 Å². The summed E-state index contributed by atoms with van der Waals surface area (Å²) in [6.45, 7) is 2.18. The highest BCUT2D eigenvalue weighted by atomic mass is 79.9. The SMILES string of the molecule is C#C/C=C/CC1O[C@@H]2CC1O[C@@H](C(Br)CC)C[C@H]2Br. The van der Waals surface area contributed by atoms with E-state index >= 15 is 0 Å². The van der Waals surface area contributed by atoms with Gasteiger partial charge in [-0.05, 0) is 25.3 Å². The molecule has 0 aromatic heterocycles. The van der Waals surface area contributed by atoms with E-state index in [1.54, 1.807) is 6.08 Å². The fourth-order valence-electron chi connectivity index (χ4n) is 2.75. The number of rotatable bonds is 4. The van der Waals surface area contributed by atoms with Gasteiger partial charge >= 0.3 is 0 Å². The summed E-state index contributed by atoms with van der Waals surface area (Å²) in [5, 5.41) is 0. The van der Waals surface area contributed by atoms with E-state index in [4.69, 9.17) is 15.9 Å². The number of allylic oxidation sites excluding steroid dienone is 1. The lowest BCUT2D eigenvalue weighted by Gasteiger charge is -2.30. The molecule has 0 aliphatic carbocycles. The van der Waals surface area contributed by atoms with Gasteiger partial charge in [0.25, 0.3) is 0 Å². The zero-order chi connectivity index (χ0) is 13.8. The van der Waals surface area contributed by atoms with Gasteiger partial charge in [0.2, 0.25) is 0 Å². The summed E-state index contributed by atoms with van der Waals surface area (Å²) in [6.07, 6.45) is 13.7. The number of hydrogen-bond acceptors (Lipinski definition) is 2. The molecule has 0 amide bonds. The molecule has 2 saturated heterocycles. The van der Waals surface area contributed by atoms with Crippen LogP contribution in [0, 0.1) is 12.3 Å². The zero-order valence-corrected chi connectivity index (χ0v) is 14.3. The van der Waals surface area contributed by atoms with E-state index in [2.05, 4.69) is 44.7 Å². The first kappa shape index (κ1) is 15.6.